The van der Waals surface area contributed by atoms with Gasteiger partial charge >= 0.3 is 0 Å². The quantitative estimate of drug-likeness (QED) is 0.566. The van der Waals surface area contributed by atoms with Gasteiger partial charge < -0.3 is 14.5 Å². The first-order valence-corrected chi connectivity index (χ1v) is 11.9. The number of hydrogen-bond donors (Lipinski definition) is 0. The van der Waals surface area contributed by atoms with Crippen LogP contribution in [0.4, 0.5) is 0 Å². The fourth-order valence-corrected chi connectivity index (χ4v) is 4.70. The van der Waals surface area contributed by atoms with E-state index in [2.05, 4.69) is 10.1 Å². The van der Waals surface area contributed by atoms with Gasteiger partial charge in [-0.25, -0.2) is 9.67 Å². The second-order valence-corrected chi connectivity index (χ2v) is 8.74. The first kappa shape index (κ1) is 22.3. The van der Waals surface area contributed by atoms with Gasteiger partial charge in [0, 0.05) is 24.7 Å². The van der Waals surface area contributed by atoms with Gasteiger partial charge in [-0.15, -0.1) is 5.10 Å². The predicted molar refractivity (Wildman–Crippen MR) is 127 cm³/mol. The zero-order valence-electron chi connectivity index (χ0n) is 19.2. The van der Waals surface area contributed by atoms with Gasteiger partial charge in [-0.05, 0) is 25.0 Å². The number of carbonyl (C=O) groups excluding carboxylic acids is 2. The first-order valence-electron chi connectivity index (χ1n) is 11.9. The highest BCUT2D eigenvalue weighted by Crippen LogP contribution is 2.26. The minimum atomic E-state index is -0.291. The van der Waals surface area contributed by atoms with E-state index < -0.39 is 0 Å². The monoisotopic (exact) mass is 459 g/mol. The molecule has 2 aromatic carbocycles. The fourth-order valence-electron chi connectivity index (χ4n) is 4.70. The lowest BCUT2D eigenvalue weighted by Crippen LogP contribution is -2.49. The summed E-state index contributed by atoms with van der Waals surface area (Å²) in [5.74, 6) is 0.375. The van der Waals surface area contributed by atoms with Crippen LogP contribution >= 0.6 is 0 Å². The summed E-state index contributed by atoms with van der Waals surface area (Å²) in [5.41, 5.74) is 1.69. The number of carbonyl (C=O) groups is 2. The maximum Gasteiger partial charge on any atom is 0.294 e. The number of hydrogen-bond acceptors (Lipinski definition) is 5. The van der Waals surface area contributed by atoms with Crippen molar-refractivity contribution in [2.45, 2.75) is 31.7 Å². The zero-order valence-corrected chi connectivity index (χ0v) is 19.2. The van der Waals surface area contributed by atoms with Crippen molar-refractivity contribution >= 4 is 11.8 Å². The lowest BCUT2D eigenvalue weighted by Gasteiger charge is -2.32. The van der Waals surface area contributed by atoms with Crippen LogP contribution in [-0.2, 0) is 9.53 Å². The Bertz CT molecular complexity index is 1060. The van der Waals surface area contributed by atoms with E-state index in [1.165, 1.54) is 0 Å². The SMILES string of the molecule is O=C(CN(C(=O)c1nc(-c2ccccc2)n(-c2ccccc2)n1)C1CCCC1)N1CCOCC1. The van der Waals surface area contributed by atoms with E-state index in [1.807, 2.05) is 60.7 Å². The molecule has 0 atom stereocenters. The van der Waals surface area contributed by atoms with E-state index in [1.54, 1.807) is 14.5 Å². The molecule has 8 nitrogen and oxygen atoms in total. The van der Waals surface area contributed by atoms with E-state index in [4.69, 9.17) is 4.74 Å². The summed E-state index contributed by atoms with van der Waals surface area (Å²) >= 11 is 0. The molecule has 0 spiro atoms. The third-order valence-corrected chi connectivity index (χ3v) is 6.53. The molecule has 2 aliphatic rings. The number of aromatic nitrogens is 3. The van der Waals surface area contributed by atoms with Gasteiger partial charge in [0.1, 0.15) is 6.54 Å². The number of amides is 2. The van der Waals surface area contributed by atoms with Crippen molar-refractivity contribution in [2.24, 2.45) is 0 Å². The number of morpholine rings is 1. The maximum atomic E-state index is 13.8. The van der Waals surface area contributed by atoms with Crippen LogP contribution in [0.2, 0.25) is 0 Å². The number of ether oxygens (including phenoxy) is 1. The highest BCUT2D eigenvalue weighted by molar-refractivity contribution is 5.94. The summed E-state index contributed by atoms with van der Waals surface area (Å²) < 4.78 is 7.08. The third-order valence-electron chi connectivity index (χ3n) is 6.53. The minimum absolute atomic E-state index is 0.0290. The van der Waals surface area contributed by atoms with E-state index in [0.29, 0.717) is 32.1 Å². The molecule has 1 aliphatic carbocycles. The van der Waals surface area contributed by atoms with Gasteiger partial charge in [0.25, 0.3) is 5.91 Å². The lowest BCUT2D eigenvalue weighted by atomic mass is 10.2. The Kier molecular flexibility index (Phi) is 6.67. The Hall–Kier alpha value is -3.52. The van der Waals surface area contributed by atoms with Gasteiger partial charge in [0.15, 0.2) is 5.82 Å². The van der Waals surface area contributed by atoms with Crippen LogP contribution in [-0.4, -0.2) is 75.3 Å². The van der Waals surface area contributed by atoms with Gasteiger partial charge in [-0.2, -0.15) is 0 Å². The van der Waals surface area contributed by atoms with Crippen molar-refractivity contribution in [3.8, 4) is 17.1 Å². The second kappa shape index (κ2) is 10.2. The summed E-state index contributed by atoms with van der Waals surface area (Å²) in [4.78, 5) is 35.0. The van der Waals surface area contributed by atoms with Crippen molar-refractivity contribution in [2.75, 3.05) is 32.8 Å². The molecule has 2 amide bonds. The molecule has 1 aliphatic heterocycles. The molecular weight excluding hydrogens is 430 g/mol. The molecule has 0 unspecified atom stereocenters. The van der Waals surface area contributed by atoms with Gasteiger partial charge in [0.05, 0.1) is 18.9 Å². The van der Waals surface area contributed by atoms with Crippen LogP contribution in [0.5, 0.6) is 0 Å². The molecule has 1 saturated heterocycles. The maximum absolute atomic E-state index is 13.8. The van der Waals surface area contributed by atoms with Gasteiger partial charge in [0.2, 0.25) is 11.7 Å². The van der Waals surface area contributed by atoms with Crippen LogP contribution in [0.25, 0.3) is 17.1 Å². The molecule has 1 saturated carbocycles. The third kappa shape index (κ3) is 4.72. The molecule has 2 heterocycles. The smallest absolute Gasteiger partial charge is 0.294 e. The minimum Gasteiger partial charge on any atom is -0.378 e. The number of rotatable bonds is 6. The summed E-state index contributed by atoms with van der Waals surface area (Å²) in [6.45, 7) is 2.23. The average molecular weight is 460 g/mol. The van der Waals surface area contributed by atoms with Crippen LogP contribution in [0.3, 0.4) is 0 Å². The van der Waals surface area contributed by atoms with Gasteiger partial charge in [-0.1, -0.05) is 61.4 Å². The molecule has 0 N–H and O–H groups in total. The number of para-hydroxylation sites is 1. The molecule has 0 bridgehead atoms. The van der Waals surface area contributed by atoms with Crippen molar-refractivity contribution in [1.29, 1.82) is 0 Å². The normalized spacial score (nSPS) is 16.5. The van der Waals surface area contributed by atoms with Gasteiger partial charge in [-0.3, -0.25) is 9.59 Å². The van der Waals surface area contributed by atoms with Crippen molar-refractivity contribution in [1.82, 2.24) is 24.6 Å². The van der Waals surface area contributed by atoms with Crippen LogP contribution < -0.4 is 0 Å². The molecule has 3 aromatic rings. The fraction of sp³-hybridized carbons (Fsp3) is 0.385. The molecule has 0 radical (unpaired) electrons. The summed E-state index contributed by atoms with van der Waals surface area (Å²) in [6.07, 6.45) is 3.91. The summed E-state index contributed by atoms with van der Waals surface area (Å²) in [5, 5.41) is 4.64. The van der Waals surface area contributed by atoms with Crippen molar-refractivity contribution < 1.29 is 14.3 Å². The first-order chi connectivity index (χ1) is 16.7. The molecule has 176 valence electrons. The van der Waals surface area contributed by atoms with Crippen LogP contribution in [0.15, 0.2) is 60.7 Å². The standard InChI is InChI=1S/C26H29N5O3/c32-23(29-15-17-34-18-16-29)19-30(21-11-7-8-12-21)26(33)24-27-25(20-9-3-1-4-10-20)31(28-24)22-13-5-2-6-14-22/h1-6,9-10,13-14,21H,7-8,11-12,15-19H2. The largest absolute Gasteiger partial charge is 0.378 e. The molecule has 1 aromatic heterocycles. The Morgan fingerprint density at radius 2 is 1.59 bits per heavy atom. The van der Waals surface area contributed by atoms with E-state index >= 15 is 0 Å². The highest BCUT2D eigenvalue weighted by atomic mass is 16.5. The Balaban J connectivity index is 1.48. The van der Waals surface area contributed by atoms with E-state index in [0.717, 1.165) is 36.9 Å². The molecule has 2 fully saturated rings. The van der Waals surface area contributed by atoms with E-state index in [-0.39, 0.29) is 30.2 Å². The van der Waals surface area contributed by atoms with E-state index in [9.17, 15) is 9.59 Å². The average Bonchev–Trinajstić information content (AvgIpc) is 3.59. The van der Waals surface area contributed by atoms with Crippen LogP contribution in [0.1, 0.15) is 36.3 Å². The topological polar surface area (TPSA) is 80.6 Å². The van der Waals surface area contributed by atoms with Crippen molar-refractivity contribution in [3.05, 3.63) is 66.5 Å². The highest BCUT2D eigenvalue weighted by Gasteiger charge is 2.33. The van der Waals surface area contributed by atoms with Crippen molar-refractivity contribution in [3.63, 3.8) is 0 Å². The second-order valence-electron chi connectivity index (χ2n) is 8.74. The lowest BCUT2D eigenvalue weighted by molar-refractivity contribution is -0.136. The Labute approximate surface area is 199 Å². The Morgan fingerprint density at radius 1 is 0.941 bits per heavy atom. The predicted octanol–water partition coefficient (Wildman–Crippen LogP) is 3.18. The molecular formula is C26H29N5O3. The Morgan fingerprint density at radius 3 is 2.26 bits per heavy atom. The molecule has 5 rings (SSSR count). The summed E-state index contributed by atoms with van der Waals surface area (Å²) in [7, 11) is 0. The number of benzene rings is 2. The van der Waals surface area contributed by atoms with Crippen LogP contribution in [0, 0.1) is 0 Å². The molecule has 8 heteroatoms. The summed E-state index contributed by atoms with van der Waals surface area (Å²) in [6, 6.07) is 19.4. The number of nitrogens with zero attached hydrogens (tertiary/aromatic N) is 5. The zero-order chi connectivity index (χ0) is 23.3. The molecule has 34 heavy (non-hydrogen) atoms.